The van der Waals surface area contributed by atoms with Crippen molar-refractivity contribution in [2.45, 2.75) is 6.92 Å². The second kappa shape index (κ2) is 7.32. The minimum atomic E-state index is -0.189. The van der Waals surface area contributed by atoms with Crippen molar-refractivity contribution in [3.63, 3.8) is 0 Å². The van der Waals surface area contributed by atoms with Gasteiger partial charge in [0.15, 0.2) is 5.78 Å². The molecule has 0 aliphatic rings. The van der Waals surface area contributed by atoms with Crippen LogP contribution in [0.25, 0.3) is 5.69 Å². The van der Waals surface area contributed by atoms with E-state index in [9.17, 15) is 10.1 Å². The third-order valence-electron chi connectivity index (χ3n) is 3.60. The van der Waals surface area contributed by atoms with Crippen molar-refractivity contribution in [1.29, 1.82) is 5.26 Å². The number of hydrogen-bond acceptors (Lipinski definition) is 4. The summed E-state index contributed by atoms with van der Waals surface area (Å²) in [5.41, 5.74) is 2.00. The molecule has 0 fully saturated rings. The molecular weight excluding hydrogens is 382 g/mol. The molecule has 0 bridgehead atoms. The van der Waals surface area contributed by atoms with Crippen molar-refractivity contribution < 1.29 is 9.53 Å². The van der Waals surface area contributed by atoms with E-state index in [-0.39, 0.29) is 5.78 Å². The molecular formula is C19H14BrN3O2. The fourth-order valence-corrected chi connectivity index (χ4v) is 2.82. The van der Waals surface area contributed by atoms with E-state index in [0.29, 0.717) is 34.7 Å². The third-order valence-corrected chi connectivity index (χ3v) is 4.10. The van der Waals surface area contributed by atoms with Crippen LogP contribution in [0.4, 0.5) is 0 Å². The Balaban J connectivity index is 2.00. The van der Waals surface area contributed by atoms with Crippen LogP contribution in [0.15, 0.2) is 59.3 Å². The maximum atomic E-state index is 12.9. The van der Waals surface area contributed by atoms with Crippen LogP contribution in [-0.2, 0) is 0 Å². The first-order chi connectivity index (χ1) is 12.1. The molecule has 1 heterocycles. The molecule has 3 aromatic rings. The summed E-state index contributed by atoms with van der Waals surface area (Å²) in [5.74, 6) is 0.339. The van der Waals surface area contributed by atoms with Gasteiger partial charge in [-0.25, -0.2) is 4.68 Å². The third kappa shape index (κ3) is 3.47. The minimum absolute atomic E-state index is 0.189. The van der Waals surface area contributed by atoms with Crippen LogP contribution in [0.3, 0.4) is 0 Å². The fraction of sp³-hybridized carbons (Fsp3) is 0.105. The number of rotatable bonds is 5. The smallest absolute Gasteiger partial charge is 0.199 e. The lowest BCUT2D eigenvalue weighted by atomic mass is 10.1. The number of para-hydroxylation sites is 1. The zero-order chi connectivity index (χ0) is 17.8. The number of ketones is 1. The first-order valence-electron chi connectivity index (χ1n) is 7.65. The lowest BCUT2D eigenvalue weighted by Crippen LogP contribution is -2.05. The number of halogens is 1. The molecule has 0 saturated carbocycles. The molecule has 2 aromatic carbocycles. The zero-order valence-corrected chi connectivity index (χ0v) is 15.0. The second-order valence-corrected chi connectivity index (χ2v) is 6.12. The first kappa shape index (κ1) is 16.9. The predicted molar refractivity (Wildman–Crippen MR) is 97.0 cm³/mol. The number of nitriles is 1. The second-order valence-electron chi connectivity index (χ2n) is 5.21. The monoisotopic (exact) mass is 395 g/mol. The maximum absolute atomic E-state index is 12.9. The van der Waals surface area contributed by atoms with E-state index in [4.69, 9.17) is 4.74 Å². The zero-order valence-electron chi connectivity index (χ0n) is 13.4. The van der Waals surface area contributed by atoms with Crippen LogP contribution in [0.2, 0.25) is 0 Å². The van der Waals surface area contributed by atoms with Crippen LogP contribution in [-0.4, -0.2) is 22.2 Å². The highest BCUT2D eigenvalue weighted by atomic mass is 79.9. The summed E-state index contributed by atoms with van der Waals surface area (Å²) in [6, 6.07) is 14.5. The van der Waals surface area contributed by atoms with Crippen molar-refractivity contribution in [1.82, 2.24) is 9.78 Å². The summed E-state index contributed by atoms with van der Waals surface area (Å²) in [7, 11) is 0. The largest absolute Gasteiger partial charge is 0.493 e. The van der Waals surface area contributed by atoms with E-state index in [2.05, 4.69) is 27.1 Å². The average molecular weight is 396 g/mol. The van der Waals surface area contributed by atoms with E-state index in [1.54, 1.807) is 36.5 Å². The van der Waals surface area contributed by atoms with Crippen molar-refractivity contribution in [2.75, 3.05) is 6.61 Å². The summed E-state index contributed by atoms with van der Waals surface area (Å²) in [5, 5.41) is 13.5. The van der Waals surface area contributed by atoms with E-state index < -0.39 is 0 Å². The fourth-order valence-electron chi connectivity index (χ4n) is 2.46. The van der Waals surface area contributed by atoms with Gasteiger partial charge in [0.25, 0.3) is 0 Å². The molecule has 6 heteroatoms. The minimum Gasteiger partial charge on any atom is -0.493 e. The van der Waals surface area contributed by atoms with Crippen molar-refractivity contribution in [2.24, 2.45) is 0 Å². The first-order valence-corrected chi connectivity index (χ1v) is 8.44. The topological polar surface area (TPSA) is 67.9 Å². The van der Waals surface area contributed by atoms with E-state index in [1.165, 1.54) is 10.9 Å². The summed E-state index contributed by atoms with van der Waals surface area (Å²) in [6.07, 6.45) is 3.11. The van der Waals surface area contributed by atoms with E-state index in [0.717, 1.165) is 4.47 Å². The molecule has 0 aliphatic carbocycles. The molecule has 5 nitrogen and oxygen atoms in total. The van der Waals surface area contributed by atoms with Gasteiger partial charge in [-0.3, -0.25) is 4.79 Å². The molecule has 1 aromatic heterocycles. The van der Waals surface area contributed by atoms with Gasteiger partial charge >= 0.3 is 0 Å². The molecule has 0 spiro atoms. The van der Waals surface area contributed by atoms with Gasteiger partial charge in [0, 0.05) is 10.7 Å². The molecule has 0 radical (unpaired) electrons. The van der Waals surface area contributed by atoms with E-state index in [1.807, 2.05) is 19.1 Å². The van der Waals surface area contributed by atoms with Crippen molar-refractivity contribution >= 4 is 21.7 Å². The summed E-state index contributed by atoms with van der Waals surface area (Å²) in [6.45, 7) is 2.34. The highest BCUT2D eigenvalue weighted by Gasteiger charge is 2.18. The standard InChI is InChI=1S/C19H14BrN3O2/c1-2-25-18-8-7-15(20)9-16(18)19(24)14-11-22-23(12-14)17-6-4-3-5-13(17)10-21/h3-9,11-12H,2H2,1H3. The predicted octanol–water partition coefficient (Wildman–Crippen LogP) is 4.14. The quantitative estimate of drug-likeness (QED) is 0.608. The van der Waals surface area contributed by atoms with Gasteiger partial charge < -0.3 is 4.74 Å². The molecule has 0 N–H and O–H groups in total. The summed E-state index contributed by atoms with van der Waals surface area (Å²) < 4.78 is 7.88. The molecule has 0 aliphatic heterocycles. The highest BCUT2D eigenvalue weighted by Crippen LogP contribution is 2.26. The lowest BCUT2D eigenvalue weighted by Gasteiger charge is -2.09. The Hall–Kier alpha value is -2.91. The van der Waals surface area contributed by atoms with Gasteiger partial charge in [-0.15, -0.1) is 0 Å². The Morgan fingerprint density at radius 2 is 2.12 bits per heavy atom. The maximum Gasteiger partial charge on any atom is 0.199 e. The average Bonchev–Trinajstić information content (AvgIpc) is 3.12. The molecule has 124 valence electrons. The molecule has 0 amide bonds. The number of aromatic nitrogens is 2. The van der Waals surface area contributed by atoms with E-state index >= 15 is 0 Å². The molecule has 0 unspecified atom stereocenters. The number of hydrogen-bond donors (Lipinski definition) is 0. The molecule has 0 atom stereocenters. The Morgan fingerprint density at radius 3 is 2.88 bits per heavy atom. The summed E-state index contributed by atoms with van der Waals surface area (Å²) >= 11 is 3.38. The Kier molecular flexibility index (Phi) is 4.96. The number of carbonyl (C=O) groups is 1. The number of benzene rings is 2. The van der Waals surface area contributed by atoms with Crippen LogP contribution in [0, 0.1) is 11.3 Å². The molecule has 25 heavy (non-hydrogen) atoms. The number of nitrogens with zero attached hydrogens (tertiary/aromatic N) is 3. The van der Waals surface area contributed by atoms with Crippen molar-refractivity contribution in [3.8, 4) is 17.5 Å². The van der Waals surface area contributed by atoms with Crippen LogP contribution < -0.4 is 4.74 Å². The normalized spacial score (nSPS) is 10.3. The van der Waals surface area contributed by atoms with Crippen LogP contribution in [0.1, 0.15) is 28.4 Å². The summed E-state index contributed by atoms with van der Waals surface area (Å²) in [4.78, 5) is 12.9. The number of carbonyl (C=O) groups excluding carboxylic acids is 1. The Morgan fingerprint density at radius 1 is 1.32 bits per heavy atom. The number of ether oxygens (including phenoxy) is 1. The molecule has 3 rings (SSSR count). The van der Waals surface area contributed by atoms with Crippen LogP contribution in [0.5, 0.6) is 5.75 Å². The Bertz CT molecular complexity index is 973. The van der Waals surface area contributed by atoms with Gasteiger partial charge in [0.05, 0.1) is 35.2 Å². The van der Waals surface area contributed by atoms with Crippen molar-refractivity contribution in [3.05, 3.63) is 76.0 Å². The van der Waals surface area contributed by atoms with Gasteiger partial charge in [0.1, 0.15) is 11.8 Å². The van der Waals surface area contributed by atoms with Gasteiger partial charge in [-0.1, -0.05) is 28.1 Å². The van der Waals surface area contributed by atoms with Crippen LogP contribution >= 0.6 is 15.9 Å². The SMILES string of the molecule is CCOc1ccc(Br)cc1C(=O)c1cnn(-c2ccccc2C#N)c1. The highest BCUT2D eigenvalue weighted by molar-refractivity contribution is 9.10. The Labute approximate surface area is 153 Å². The van der Waals surface area contributed by atoms with Gasteiger partial charge in [0.2, 0.25) is 0 Å². The van der Waals surface area contributed by atoms with Gasteiger partial charge in [-0.05, 0) is 37.3 Å². The molecule has 0 saturated heterocycles. The lowest BCUT2D eigenvalue weighted by molar-refractivity contribution is 0.103. The van der Waals surface area contributed by atoms with Gasteiger partial charge in [-0.2, -0.15) is 10.4 Å².